The van der Waals surface area contributed by atoms with Gasteiger partial charge in [-0.05, 0) is 41.7 Å². The van der Waals surface area contributed by atoms with Crippen LogP contribution < -0.4 is 14.8 Å². The van der Waals surface area contributed by atoms with Crippen molar-refractivity contribution in [1.82, 2.24) is 10.2 Å². The number of methoxy groups -OCH3 is 2. The summed E-state index contributed by atoms with van der Waals surface area (Å²) in [4.78, 5) is 26.3. The summed E-state index contributed by atoms with van der Waals surface area (Å²) in [5.41, 5.74) is 3.32. The van der Waals surface area contributed by atoms with Crippen LogP contribution in [0.4, 0.5) is 0 Å². The van der Waals surface area contributed by atoms with Gasteiger partial charge in [-0.25, -0.2) is 0 Å². The van der Waals surface area contributed by atoms with Gasteiger partial charge >= 0.3 is 0 Å². The Morgan fingerprint density at radius 1 is 1.04 bits per heavy atom. The number of nitrogens with one attached hydrogen (secondary N) is 1. The van der Waals surface area contributed by atoms with Gasteiger partial charge in [0.2, 0.25) is 11.8 Å². The number of aryl methyl sites for hydroxylation is 1. The van der Waals surface area contributed by atoms with Gasteiger partial charge in [-0.15, -0.1) is 0 Å². The third-order valence-electron chi connectivity index (χ3n) is 4.99. The maximum absolute atomic E-state index is 12.5. The van der Waals surface area contributed by atoms with Gasteiger partial charge in [0.15, 0.2) is 11.5 Å². The van der Waals surface area contributed by atoms with Crippen LogP contribution in [0.3, 0.4) is 0 Å². The number of ether oxygens (including phenoxy) is 2. The molecule has 6 heteroatoms. The molecule has 0 saturated heterocycles. The molecule has 0 aromatic heterocycles. The second-order valence-electron chi connectivity index (χ2n) is 6.80. The smallest absolute Gasteiger partial charge is 0.242 e. The molecular weight excluding hydrogens is 356 g/mol. The molecule has 148 valence electrons. The molecular formula is C22H26N2O4. The van der Waals surface area contributed by atoms with E-state index in [1.807, 2.05) is 42.5 Å². The first-order valence-electron chi connectivity index (χ1n) is 9.43. The van der Waals surface area contributed by atoms with Crippen LogP contribution in [0.2, 0.25) is 0 Å². The zero-order chi connectivity index (χ0) is 19.9. The summed E-state index contributed by atoms with van der Waals surface area (Å²) in [6, 6.07) is 13.7. The molecule has 0 spiro atoms. The summed E-state index contributed by atoms with van der Waals surface area (Å²) in [5.74, 6) is 1.17. The second-order valence-corrected chi connectivity index (χ2v) is 6.80. The van der Waals surface area contributed by atoms with E-state index in [2.05, 4.69) is 5.32 Å². The highest BCUT2D eigenvalue weighted by Crippen LogP contribution is 2.33. The number of carbonyl (C=O) groups is 2. The van der Waals surface area contributed by atoms with Crippen molar-refractivity contribution in [3.8, 4) is 11.5 Å². The number of fused-ring (bicyclic) bond motifs is 1. The molecule has 2 aromatic rings. The van der Waals surface area contributed by atoms with E-state index >= 15 is 0 Å². The summed E-state index contributed by atoms with van der Waals surface area (Å²) in [6.07, 6.45) is 1.79. The third kappa shape index (κ3) is 4.82. The summed E-state index contributed by atoms with van der Waals surface area (Å²) >= 11 is 0. The summed E-state index contributed by atoms with van der Waals surface area (Å²) in [5, 5.41) is 2.74. The van der Waals surface area contributed by atoms with E-state index in [4.69, 9.17) is 9.47 Å². The molecule has 28 heavy (non-hydrogen) atoms. The van der Waals surface area contributed by atoms with Gasteiger partial charge in [-0.3, -0.25) is 9.59 Å². The van der Waals surface area contributed by atoms with Crippen molar-refractivity contribution in [2.75, 3.05) is 27.3 Å². The first-order chi connectivity index (χ1) is 13.6. The summed E-state index contributed by atoms with van der Waals surface area (Å²) < 4.78 is 10.7. The van der Waals surface area contributed by atoms with Crippen LogP contribution in [0.5, 0.6) is 11.5 Å². The molecule has 0 aliphatic carbocycles. The standard InChI is InChI=1S/C22H26N2O4/c1-27-19-12-17-10-11-24(15-18(17)13-20(19)28-2)22(26)14-23-21(25)9-8-16-6-4-3-5-7-16/h3-7,12-13H,8-11,14-15H2,1-2H3,(H,23,25). The normalized spacial score (nSPS) is 12.9. The van der Waals surface area contributed by atoms with Crippen molar-refractivity contribution in [3.63, 3.8) is 0 Å². The van der Waals surface area contributed by atoms with Crippen molar-refractivity contribution in [3.05, 3.63) is 59.2 Å². The van der Waals surface area contributed by atoms with Crippen LogP contribution in [-0.4, -0.2) is 44.0 Å². The highest BCUT2D eigenvalue weighted by molar-refractivity contribution is 5.85. The Balaban J connectivity index is 1.51. The van der Waals surface area contributed by atoms with Gasteiger partial charge in [-0.1, -0.05) is 30.3 Å². The number of hydrogen-bond donors (Lipinski definition) is 1. The number of benzene rings is 2. The lowest BCUT2D eigenvalue weighted by atomic mass is 9.98. The molecule has 2 aromatic carbocycles. The van der Waals surface area contributed by atoms with E-state index in [-0.39, 0.29) is 18.4 Å². The van der Waals surface area contributed by atoms with Crippen LogP contribution >= 0.6 is 0 Å². The molecule has 0 radical (unpaired) electrons. The molecule has 1 aliphatic rings. The molecule has 6 nitrogen and oxygen atoms in total. The Hall–Kier alpha value is -3.02. The Morgan fingerprint density at radius 3 is 2.39 bits per heavy atom. The molecule has 0 atom stereocenters. The SMILES string of the molecule is COc1cc2c(cc1OC)CN(C(=O)CNC(=O)CCc1ccccc1)CC2. The summed E-state index contributed by atoms with van der Waals surface area (Å²) in [7, 11) is 3.21. The lowest BCUT2D eigenvalue weighted by Crippen LogP contribution is -2.42. The Bertz CT molecular complexity index is 836. The zero-order valence-corrected chi connectivity index (χ0v) is 16.4. The second kappa shape index (κ2) is 9.26. The Labute approximate surface area is 165 Å². The maximum Gasteiger partial charge on any atom is 0.242 e. The first kappa shape index (κ1) is 19.7. The van der Waals surface area contributed by atoms with E-state index in [9.17, 15) is 9.59 Å². The van der Waals surface area contributed by atoms with Crippen molar-refractivity contribution < 1.29 is 19.1 Å². The van der Waals surface area contributed by atoms with E-state index in [1.165, 1.54) is 0 Å². The largest absolute Gasteiger partial charge is 0.493 e. The van der Waals surface area contributed by atoms with Crippen LogP contribution in [0.25, 0.3) is 0 Å². The Kier molecular flexibility index (Phi) is 6.53. The minimum atomic E-state index is -0.110. The highest BCUT2D eigenvalue weighted by atomic mass is 16.5. The molecule has 0 unspecified atom stereocenters. The average molecular weight is 382 g/mol. The van der Waals surface area contributed by atoms with Gasteiger partial charge in [-0.2, -0.15) is 0 Å². The molecule has 1 aliphatic heterocycles. The van der Waals surface area contributed by atoms with Crippen LogP contribution in [0.15, 0.2) is 42.5 Å². The molecule has 2 amide bonds. The highest BCUT2D eigenvalue weighted by Gasteiger charge is 2.23. The zero-order valence-electron chi connectivity index (χ0n) is 16.4. The quantitative estimate of drug-likeness (QED) is 0.798. The topological polar surface area (TPSA) is 67.9 Å². The number of rotatable bonds is 7. The van der Waals surface area contributed by atoms with Gasteiger partial charge in [0.1, 0.15) is 0 Å². The first-order valence-corrected chi connectivity index (χ1v) is 9.43. The third-order valence-corrected chi connectivity index (χ3v) is 4.99. The fourth-order valence-electron chi connectivity index (χ4n) is 3.37. The number of hydrogen-bond acceptors (Lipinski definition) is 4. The number of nitrogens with zero attached hydrogens (tertiary/aromatic N) is 1. The minimum Gasteiger partial charge on any atom is -0.493 e. The van der Waals surface area contributed by atoms with Gasteiger partial charge in [0.05, 0.1) is 20.8 Å². The fourth-order valence-corrected chi connectivity index (χ4v) is 3.37. The lowest BCUT2D eigenvalue weighted by Gasteiger charge is -2.29. The molecule has 1 heterocycles. The minimum absolute atomic E-state index is 0.0241. The van der Waals surface area contributed by atoms with Gasteiger partial charge in [0.25, 0.3) is 0 Å². The fraction of sp³-hybridized carbons (Fsp3) is 0.364. The number of amides is 2. The van der Waals surface area contributed by atoms with Crippen molar-refractivity contribution >= 4 is 11.8 Å². The predicted molar refractivity (Wildman–Crippen MR) is 106 cm³/mol. The van der Waals surface area contributed by atoms with Crippen molar-refractivity contribution in [1.29, 1.82) is 0 Å². The van der Waals surface area contributed by atoms with Crippen LogP contribution in [-0.2, 0) is 29.0 Å². The van der Waals surface area contributed by atoms with E-state index < -0.39 is 0 Å². The van der Waals surface area contributed by atoms with Crippen molar-refractivity contribution in [2.45, 2.75) is 25.8 Å². The Morgan fingerprint density at radius 2 is 1.71 bits per heavy atom. The van der Waals surface area contributed by atoms with Gasteiger partial charge in [0, 0.05) is 19.5 Å². The van der Waals surface area contributed by atoms with E-state index in [0.29, 0.717) is 37.4 Å². The van der Waals surface area contributed by atoms with Crippen LogP contribution in [0.1, 0.15) is 23.1 Å². The monoisotopic (exact) mass is 382 g/mol. The molecule has 3 rings (SSSR count). The predicted octanol–water partition coefficient (Wildman–Crippen LogP) is 2.34. The maximum atomic E-state index is 12.5. The molecule has 0 fully saturated rings. The van der Waals surface area contributed by atoms with Gasteiger partial charge < -0.3 is 19.7 Å². The number of carbonyl (C=O) groups excluding carboxylic acids is 2. The molecule has 0 bridgehead atoms. The molecule has 0 saturated carbocycles. The summed E-state index contributed by atoms with van der Waals surface area (Å²) in [6.45, 7) is 1.16. The average Bonchev–Trinajstić information content (AvgIpc) is 2.75. The van der Waals surface area contributed by atoms with Crippen molar-refractivity contribution in [2.24, 2.45) is 0 Å². The molecule has 1 N–H and O–H groups in total. The lowest BCUT2D eigenvalue weighted by molar-refractivity contribution is -0.133. The van der Waals surface area contributed by atoms with E-state index in [0.717, 1.165) is 23.1 Å². The van der Waals surface area contributed by atoms with E-state index in [1.54, 1.807) is 19.1 Å². The van der Waals surface area contributed by atoms with Crippen LogP contribution in [0, 0.1) is 0 Å².